The molecule has 0 bridgehead atoms. The Morgan fingerprint density at radius 2 is 1.66 bits per heavy atom. The first kappa shape index (κ1) is 19.1. The van der Waals surface area contributed by atoms with Crippen LogP contribution in [0.25, 0.3) is 28.0 Å². The van der Waals surface area contributed by atoms with E-state index in [-0.39, 0.29) is 0 Å². The van der Waals surface area contributed by atoms with Crippen LogP contribution in [0.5, 0.6) is 0 Å². The number of benzene rings is 1. The van der Waals surface area contributed by atoms with E-state index in [9.17, 15) is 0 Å². The van der Waals surface area contributed by atoms with Crippen molar-refractivity contribution >= 4 is 10.9 Å². The highest BCUT2D eigenvalue weighted by atomic mass is 15.0. The van der Waals surface area contributed by atoms with Crippen molar-refractivity contribution in [1.82, 2.24) is 19.9 Å². The van der Waals surface area contributed by atoms with E-state index >= 15 is 0 Å². The van der Waals surface area contributed by atoms with E-state index in [1.54, 1.807) is 0 Å². The summed E-state index contributed by atoms with van der Waals surface area (Å²) in [5.74, 6) is 1.37. The molecule has 3 heterocycles. The highest BCUT2D eigenvalue weighted by Gasteiger charge is 2.16. The van der Waals surface area contributed by atoms with Crippen LogP contribution in [0.15, 0.2) is 55.1 Å². The lowest BCUT2D eigenvalue weighted by Crippen LogP contribution is -2.32. The summed E-state index contributed by atoms with van der Waals surface area (Å²) in [6.45, 7) is 10.6. The van der Waals surface area contributed by atoms with Gasteiger partial charge in [-0.05, 0) is 18.9 Å². The Balaban J connectivity index is 1.85. The number of nitrogens with zero attached hydrogens (tertiary/aromatic N) is 5. The van der Waals surface area contributed by atoms with Crippen LogP contribution in [-0.2, 0) is 0 Å². The topological polar surface area (TPSA) is 55.4 Å². The van der Waals surface area contributed by atoms with Crippen LogP contribution < -0.4 is 4.57 Å². The Hall–Kier alpha value is -3.21. The maximum atomic E-state index is 4.90. The fourth-order valence-electron chi connectivity index (χ4n) is 3.43. The van der Waals surface area contributed by atoms with Gasteiger partial charge in [-0.25, -0.2) is 15.0 Å². The summed E-state index contributed by atoms with van der Waals surface area (Å²) in [6, 6.07) is 10.3. The van der Waals surface area contributed by atoms with Crippen molar-refractivity contribution < 1.29 is 4.57 Å². The standard InChI is InChI=1S/C24H26N5/c1-15(2)22-14-29(13-17(5)26-22)19-10-18(11-25-12-19)24-27-21-9-7-6-8-20(21)23(28-24)16(3)4/h6-16H,1-5H3/q+1. The van der Waals surface area contributed by atoms with Crippen molar-refractivity contribution in [2.24, 2.45) is 0 Å². The lowest BCUT2D eigenvalue weighted by molar-refractivity contribution is -0.597. The number of aromatic nitrogens is 5. The zero-order valence-corrected chi connectivity index (χ0v) is 17.6. The molecule has 0 saturated heterocycles. The molecule has 0 aliphatic carbocycles. The van der Waals surface area contributed by atoms with Gasteiger partial charge in [-0.2, -0.15) is 4.57 Å². The molecule has 29 heavy (non-hydrogen) atoms. The first-order valence-corrected chi connectivity index (χ1v) is 10.0. The third-order valence-corrected chi connectivity index (χ3v) is 4.95. The summed E-state index contributed by atoms with van der Waals surface area (Å²) in [7, 11) is 0. The van der Waals surface area contributed by atoms with Crippen LogP contribution >= 0.6 is 0 Å². The van der Waals surface area contributed by atoms with Crippen LogP contribution in [0.4, 0.5) is 0 Å². The zero-order chi connectivity index (χ0) is 20.5. The molecule has 5 nitrogen and oxygen atoms in total. The summed E-state index contributed by atoms with van der Waals surface area (Å²) in [5, 5.41) is 1.11. The molecule has 0 fully saturated rings. The zero-order valence-electron chi connectivity index (χ0n) is 17.6. The van der Waals surface area contributed by atoms with Gasteiger partial charge in [0.15, 0.2) is 18.2 Å². The molecule has 5 heteroatoms. The Kier molecular flexibility index (Phi) is 5.05. The molecule has 0 aliphatic heterocycles. The minimum atomic E-state index is 0.309. The molecule has 146 valence electrons. The second-order valence-corrected chi connectivity index (χ2v) is 8.03. The van der Waals surface area contributed by atoms with Crippen molar-refractivity contribution in [3.8, 4) is 17.1 Å². The van der Waals surface area contributed by atoms with Crippen LogP contribution in [-0.4, -0.2) is 19.9 Å². The van der Waals surface area contributed by atoms with E-state index in [4.69, 9.17) is 9.97 Å². The number of rotatable bonds is 4. The highest BCUT2D eigenvalue weighted by Crippen LogP contribution is 2.26. The molecular formula is C24H26N5+. The average Bonchev–Trinajstić information content (AvgIpc) is 2.72. The second kappa shape index (κ2) is 7.66. The Labute approximate surface area is 171 Å². The summed E-state index contributed by atoms with van der Waals surface area (Å²) in [6.07, 6.45) is 7.78. The van der Waals surface area contributed by atoms with Gasteiger partial charge < -0.3 is 0 Å². The molecule has 3 aromatic heterocycles. The molecule has 0 saturated carbocycles. The lowest BCUT2D eigenvalue weighted by Gasteiger charge is -2.11. The first-order chi connectivity index (χ1) is 13.9. The number of aryl methyl sites for hydroxylation is 1. The molecule has 0 spiro atoms. The van der Waals surface area contributed by atoms with Gasteiger partial charge >= 0.3 is 0 Å². The van der Waals surface area contributed by atoms with Crippen LogP contribution in [0, 0.1) is 6.92 Å². The maximum absolute atomic E-state index is 4.90. The molecule has 0 atom stereocenters. The fourth-order valence-corrected chi connectivity index (χ4v) is 3.43. The van der Waals surface area contributed by atoms with Gasteiger partial charge in [0.2, 0.25) is 5.69 Å². The lowest BCUT2D eigenvalue weighted by atomic mass is 10.0. The third-order valence-electron chi connectivity index (χ3n) is 4.95. The van der Waals surface area contributed by atoms with Gasteiger partial charge in [0.1, 0.15) is 11.4 Å². The van der Waals surface area contributed by atoms with Crippen molar-refractivity contribution in [1.29, 1.82) is 0 Å². The number of fused-ring (bicyclic) bond motifs is 1. The third kappa shape index (κ3) is 3.86. The number of hydrogen-bond donors (Lipinski definition) is 0. The highest BCUT2D eigenvalue weighted by molar-refractivity contribution is 5.83. The van der Waals surface area contributed by atoms with Crippen molar-refractivity contribution in [3.05, 3.63) is 72.2 Å². The SMILES string of the molecule is Cc1c[n+](-c2cncc(-c3nc(C(C)C)c4ccccc4n3)c2)cc(C(C)C)n1. The predicted molar refractivity (Wildman–Crippen MR) is 115 cm³/mol. The van der Waals surface area contributed by atoms with Gasteiger partial charge in [0.25, 0.3) is 0 Å². The largest absolute Gasteiger partial charge is 0.257 e. The fraction of sp³-hybridized carbons (Fsp3) is 0.292. The number of para-hydroxylation sites is 1. The smallest absolute Gasteiger partial charge is 0.229 e. The van der Waals surface area contributed by atoms with Gasteiger partial charge in [-0.1, -0.05) is 45.9 Å². The molecule has 0 unspecified atom stereocenters. The molecule has 4 rings (SSSR count). The first-order valence-electron chi connectivity index (χ1n) is 10.0. The quantitative estimate of drug-likeness (QED) is 0.469. The summed E-state index contributed by atoms with van der Waals surface area (Å²) >= 11 is 0. The van der Waals surface area contributed by atoms with E-state index in [0.29, 0.717) is 17.7 Å². The molecule has 0 aliphatic rings. The number of hydrogen-bond acceptors (Lipinski definition) is 4. The van der Waals surface area contributed by atoms with Crippen molar-refractivity contribution in [2.45, 2.75) is 46.5 Å². The van der Waals surface area contributed by atoms with E-state index in [1.807, 2.05) is 43.7 Å². The molecular weight excluding hydrogens is 358 g/mol. The average molecular weight is 385 g/mol. The summed E-state index contributed by atoms with van der Waals surface area (Å²) in [5.41, 5.74) is 5.93. The maximum Gasteiger partial charge on any atom is 0.229 e. The van der Waals surface area contributed by atoms with Gasteiger partial charge in [-0.3, -0.25) is 4.98 Å². The van der Waals surface area contributed by atoms with Gasteiger partial charge in [0.05, 0.1) is 17.4 Å². The van der Waals surface area contributed by atoms with E-state index in [1.165, 1.54) is 0 Å². The van der Waals surface area contributed by atoms with E-state index < -0.39 is 0 Å². The minimum Gasteiger partial charge on any atom is -0.257 e. The molecule has 0 amide bonds. The minimum absolute atomic E-state index is 0.309. The van der Waals surface area contributed by atoms with Gasteiger partial charge in [0, 0.05) is 29.1 Å². The van der Waals surface area contributed by atoms with E-state index in [0.717, 1.165) is 39.2 Å². The summed E-state index contributed by atoms with van der Waals surface area (Å²) in [4.78, 5) is 18.8. The Morgan fingerprint density at radius 3 is 2.41 bits per heavy atom. The summed E-state index contributed by atoms with van der Waals surface area (Å²) < 4.78 is 2.08. The van der Waals surface area contributed by atoms with Crippen LogP contribution in [0.3, 0.4) is 0 Å². The van der Waals surface area contributed by atoms with E-state index in [2.05, 4.69) is 60.6 Å². The monoisotopic (exact) mass is 384 g/mol. The Bertz CT molecular complexity index is 1180. The number of pyridine rings is 1. The predicted octanol–water partition coefficient (Wildman–Crippen LogP) is 4.92. The second-order valence-electron chi connectivity index (χ2n) is 8.03. The van der Waals surface area contributed by atoms with Gasteiger partial charge in [-0.15, -0.1) is 0 Å². The molecule has 0 radical (unpaired) electrons. The van der Waals surface area contributed by atoms with Crippen molar-refractivity contribution in [2.75, 3.05) is 0 Å². The van der Waals surface area contributed by atoms with Crippen molar-refractivity contribution in [3.63, 3.8) is 0 Å². The van der Waals surface area contributed by atoms with Crippen LogP contribution in [0.2, 0.25) is 0 Å². The molecule has 0 N–H and O–H groups in total. The normalized spacial score (nSPS) is 11.6. The molecule has 1 aromatic carbocycles. The molecule has 4 aromatic rings. The Morgan fingerprint density at radius 1 is 0.862 bits per heavy atom. The van der Waals surface area contributed by atoms with Crippen LogP contribution in [0.1, 0.15) is 56.6 Å².